The van der Waals surface area contributed by atoms with Crippen LogP contribution in [0.5, 0.6) is 0 Å². The number of halogens is 2. The number of alkyl halides is 1. The summed E-state index contributed by atoms with van der Waals surface area (Å²) >= 11 is 9.14. The summed E-state index contributed by atoms with van der Waals surface area (Å²) in [6.07, 6.45) is 2.34. The Morgan fingerprint density at radius 1 is 1.56 bits per heavy atom. The van der Waals surface area contributed by atoms with Crippen molar-refractivity contribution >= 4 is 33.4 Å². The molecule has 1 heterocycles. The van der Waals surface area contributed by atoms with Gasteiger partial charge >= 0.3 is 0 Å². The van der Waals surface area contributed by atoms with E-state index in [0.29, 0.717) is 15.5 Å². The average molecular weight is 306 g/mol. The lowest BCUT2D eigenvalue weighted by Gasteiger charge is -2.14. The Balaban J connectivity index is 2.55. The molecule has 0 aliphatic carbocycles. The van der Waals surface area contributed by atoms with Crippen LogP contribution in [0.4, 0.5) is 0 Å². The third-order valence-electron chi connectivity index (χ3n) is 2.02. The first-order valence-electron chi connectivity index (χ1n) is 5.05. The van der Waals surface area contributed by atoms with Crippen molar-refractivity contribution in [2.75, 3.05) is 0 Å². The third kappa shape index (κ3) is 4.49. The molecule has 0 aromatic carbocycles. The summed E-state index contributed by atoms with van der Waals surface area (Å²) in [5, 5.41) is 3.40. The van der Waals surface area contributed by atoms with Gasteiger partial charge in [0.25, 0.3) is 5.91 Å². The zero-order chi connectivity index (χ0) is 12.1. The predicted octanol–water partition coefficient (Wildman–Crippen LogP) is 3.03. The molecule has 0 aliphatic heterocycles. The van der Waals surface area contributed by atoms with Crippen molar-refractivity contribution in [3.05, 3.63) is 29.0 Å². The second kappa shape index (κ2) is 6.21. The minimum absolute atomic E-state index is 0.111. The van der Waals surface area contributed by atoms with Crippen LogP contribution in [-0.2, 0) is 0 Å². The Labute approximate surface area is 109 Å². The van der Waals surface area contributed by atoms with Gasteiger partial charge in [-0.1, -0.05) is 34.5 Å². The van der Waals surface area contributed by atoms with E-state index in [9.17, 15) is 4.79 Å². The zero-order valence-electron chi connectivity index (χ0n) is 9.21. The molecule has 5 heteroatoms. The highest BCUT2D eigenvalue weighted by Gasteiger charge is 2.12. The highest BCUT2D eigenvalue weighted by molar-refractivity contribution is 9.09. The molecular weight excluding hydrogens is 291 g/mol. The average Bonchev–Trinajstić information content (AvgIpc) is 2.16. The van der Waals surface area contributed by atoms with Gasteiger partial charge in [-0.05, 0) is 25.5 Å². The molecule has 0 saturated carbocycles. The number of amides is 1. The fraction of sp³-hybridized carbons (Fsp3) is 0.455. The fourth-order valence-corrected chi connectivity index (χ4v) is 2.03. The number of nitrogens with one attached hydrogen (secondary N) is 1. The van der Waals surface area contributed by atoms with E-state index >= 15 is 0 Å². The van der Waals surface area contributed by atoms with Crippen LogP contribution in [0.1, 0.15) is 30.8 Å². The standard InChI is InChI=1S/C11H14BrClN2O/c1-7(12)5-8(2)15-11(16)10-4-3-9(13)6-14-10/h3-4,6-8H,5H2,1-2H3,(H,15,16). The monoisotopic (exact) mass is 304 g/mol. The summed E-state index contributed by atoms with van der Waals surface area (Å²) < 4.78 is 0. The van der Waals surface area contributed by atoms with E-state index in [4.69, 9.17) is 11.6 Å². The first kappa shape index (κ1) is 13.5. The van der Waals surface area contributed by atoms with Gasteiger partial charge in [0.05, 0.1) is 5.02 Å². The molecule has 2 unspecified atom stereocenters. The van der Waals surface area contributed by atoms with Crippen LogP contribution in [0.25, 0.3) is 0 Å². The maximum atomic E-state index is 11.7. The minimum Gasteiger partial charge on any atom is -0.348 e. The maximum absolute atomic E-state index is 11.7. The molecule has 1 aromatic heterocycles. The smallest absolute Gasteiger partial charge is 0.270 e. The number of carbonyl (C=O) groups is 1. The first-order chi connectivity index (χ1) is 7.49. The molecule has 0 saturated heterocycles. The Kier molecular flexibility index (Phi) is 5.22. The Morgan fingerprint density at radius 2 is 2.25 bits per heavy atom. The van der Waals surface area contributed by atoms with E-state index in [2.05, 4.69) is 26.2 Å². The van der Waals surface area contributed by atoms with Gasteiger partial charge in [0, 0.05) is 17.1 Å². The van der Waals surface area contributed by atoms with Gasteiger partial charge in [0.15, 0.2) is 0 Å². The van der Waals surface area contributed by atoms with E-state index in [1.165, 1.54) is 6.20 Å². The van der Waals surface area contributed by atoms with Crippen molar-refractivity contribution in [3.8, 4) is 0 Å². The van der Waals surface area contributed by atoms with Crippen molar-refractivity contribution in [1.29, 1.82) is 0 Å². The molecule has 0 spiro atoms. The van der Waals surface area contributed by atoms with E-state index in [0.717, 1.165) is 6.42 Å². The van der Waals surface area contributed by atoms with E-state index in [1.54, 1.807) is 12.1 Å². The van der Waals surface area contributed by atoms with Gasteiger partial charge in [-0.3, -0.25) is 4.79 Å². The molecule has 0 fully saturated rings. The second-order valence-corrected chi connectivity index (χ2v) is 5.75. The van der Waals surface area contributed by atoms with Crippen molar-refractivity contribution in [2.45, 2.75) is 31.1 Å². The summed E-state index contributed by atoms with van der Waals surface area (Å²) in [6, 6.07) is 3.38. The number of pyridine rings is 1. The Bertz CT molecular complexity index is 354. The van der Waals surface area contributed by atoms with Crippen LogP contribution in [0.15, 0.2) is 18.3 Å². The number of hydrogen-bond acceptors (Lipinski definition) is 2. The second-order valence-electron chi connectivity index (χ2n) is 3.75. The molecule has 0 bridgehead atoms. The van der Waals surface area contributed by atoms with Crippen molar-refractivity contribution < 1.29 is 4.79 Å². The molecule has 0 radical (unpaired) electrons. The largest absolute Gasteiger partial charge is 0.348 e. The Morgan fingerprint density at radius 3 is 2.75 bits per heavy atom. The SMILES string of the molecule is CC(Br)CC(C)NC(=O)c1ccc(Cl)cn1. The number of rotatable bonds is 4. The maximum Gasteiger partial charge on any atom is 0.270 e. The number of aromatic nitrogens is 1. The topological polar surface area (TPSA) is 42.0 Å². The molecule has 0 aliphatic rings. The van der Waals surface area contributed by atoms with Gasteiger partial charge < -0.3 is 5.32 Å². The molecule has 1 N–H and O–H groups in total. The Hall–Kier alpha value is -0.610. The molecule has 1 amide bonds. The van der Waals surface area contributed by atoms with E-state index < -0.39 is 0 Å². The van der Waals surface area contributed by atoms with Crippen molar-refractivity contribution in [3.63, 3.8) is 0 Å². The van der Waals surface area contributed by atoms with Crippen molar-refractivity contribution in [2.24, 2.45) is 0 Å². The van der Waals surface area contributed by atoms with Crippen molar-refractivity contribution in [1.82, 2.24) is 10.3 Å². The summed E-state index contributed by atoms with van der Waals surface area (Å²) in [5.74, 6) is -0.169. The normalized spacial score (nSPS) is 14.2. The van der Waals surface area contributed by atoms with Crippen LogP contribution >= 0.6 is 27.5 Å². The van der Waals surface area contributed by atoms with E-state index in [-0.39, 0.29) is 11.9 Å². The molecule has 2 atom stereocenters. The molecule has 1 rings (SSSR count). The number of hydrogen-bond donors (Lipinski definition) is 1. The quantitative estimate of drug-likeness (QED) is 0.869. The molecular formula is C11H14BrClN2O. The number of nitrogens with zero attached hydrogens (tertiary/aromatic N) is 1. The summed E-state index contributed by atoms with van der Waals surface area (Å²) in [4.78, 5) is 16.0. The predicted molar refractivity (Wildman–Crippen MR) is 69.2 cm³/mol. The lowest BCUT2D eigenvalue weighted by Crippen LogP contribution is -2.34. The van der Waals surface area contributed by atoms with Gasteiger partial charge in [-0.25, -0.2) is 4.98 Å². The summed E-state index contributed by atoms with van der Waals surface area (Å²) in [5.41, 5.74) is 0.387. The summed E-state index contributed by atoms with van der Waals surface area (Å²) in [7, 11) is 0. The van der Waals surface area contributed by atoms with Gasteiger partial charge in [0.1, 0.15) is 5.69 Å². The van der Waals surface area contributed by atoms with Gasteiger partial charge in [-0.15, -0.1) is 0 Å². The zero-order valence-corrected chi connectivity index (χ0v) is 11.5. The minimum atomic E-state index is -0.169. The van der Waals surface area contributed by atoms with Crippen LogP contribution in [-0.4, -0.2) is 21.8 Å². The highest BCUT2D eigenvalue weighted by atomic mass is 79.9. The van der Waals surface area contributed by atoms with Gasteiger partial charge in [-0.2, -0.15) is 0 Å². The van der Waals surface area contributed by atoms with Gasteiger partial charge in [0.2, 0.25) is 0 Å². The lowest BCUT2D eigenvalue weighted by molar-refractivity contribution is 0.0933. The lowest BCUT2D eigenvalue weighted by atomic mass is 10.2. The van der Waals surface area contributed by atoms with Crippen LogP contribution in [0.2, 0.25) is 5.02 Å². The van der Waals surface area contributed by atoms with Crippen LogP contribution in [0, 0.1) is 0 Å². The van der Waals surface area contributed by atoms with Crippen LogP contribution in [0.3, 0.4) is 0 Å². The molecule has 16 heavy (non-hydrogen) atoms. The molecule has 1 aromatic rings. The summed E-state index contributed by atoms with van der Waals surface area (Å²) in [6.45, 7) is 4.01. The van der Waals surface area contributed by atoms with E-state index in [1.807, 2.05) is 13.8 Å². The van der Waals surface area contributed by atoms with Crippen LogP contribution < -0.4 is 5.32 Å². The highest BCUT2D eigenvalue weighted by Crippen LogP contribution is 2.08. The number of carbonyl (C=O) groups excluding carboxylic acids is 1. The third-order valence-corrected chi connectivity index (χ3v) is 2.61. The first-order valence-corrected chi connectivity index (χ1v) is 6.35. The molecule has 3 nitrogen and oxygen atoms in total. The fourth-order valence-electron chi connectivity index (χ4n) is 1.35. The molecule has 88 valence electrons.